The molecule has 1 aliphatic rings. The number of benzene rings is 2. The van der Waals surface area contributed by atoms with E-state index in [0.29, 0.717) is 11.5 Å². The molecule has 1 fully saturated rings. The second kappa shape index (κ2) is 6.56. The van der Waals surface area contributed by atoms with Gasteiger partial charge in [-0.05, 0) is 48.6 Å². The SMILES string of the molecule is CCc1ccccc1NC(=O)C1(c2ccc(OC)c(OC)c2)CC1. The van der Waals surface area contributed by atoms with Gasteiger partial charge in [0.1, 0.15) is 0 Å². The Morgan fingerprint density at radius 1 is 1.08 bits per heavy atom. The summed E-state index contributed by atoms with van der Waals surface area (Å²) in [7, 11) is 3.22. The van der Waals surface area contributed by atoms with Crippen LogP contribution in [0, 0.1) is 0 Å². The lowest BCUT2D eigenvalue weighted by Gasteiger charge is -2.19. The van der Waals surface area contributed by atoms with E-state index in [1.807, 2.05) is 42.5 Å². The summed E-state index contributed by atoms with van der Waals surface area (Å²) in [6.07, 6.45) is 2.59. The molecule has 1 N–H and O–H groups in total. The number of ether oxygens (including phenoxy) is 2. The van der Waals surface area contributed by atoms with E-state index in [9.17, 15) is 4.79 Å². The maximum atomic E-state index is 12.9. The van der Waals surface area contributed by atoms with Crippen molar-refractivity contribution in [2.75, 3.05) is 19.5 Å². The molecule has 0 spiro atoms. The van der Waals surface area contributed by atoms with E-state index in [1.165, 1.54) is 0 Å². The molecule has 0 atom stereocenters. The van der Waals surface area contributed by atoms with Gasteiger partial charge in [-0.25, -0.2) is 0 Å². The van der Waals surface area contributed by atoms with Gasteiger partial charge in [-0.3, -0.25) is 4.79 Å². The highest BCUT2D eigenvalue weighted by Crippen LogP contribution is 2.50. The van der Waals surface area contributed by atoms with Crippen molar-refractivity contribution in [1.82, 2.24) is 0 Å². The average Bonchev–Trinajstić information content (AvgIpc) is 3.43. The molecule has 0 unspecified atom stereocenters. The summed E-state index contributed by atoms with van der Waals surface area (Å²) in [6.45, 7) is 2.09. The summed E-state index contributed by atoms with van der Waals surface area (Å²) in [5.41, 5.74) is 2.57. The highest BCUT2D eigenvalue weighted by molar-refractivity contribution is 6.02. The van der Waals surface area contributed by atoms with Crippen molar-refractivity contribution in [3.05, 3.63) is 53.6 Å². The molecular weight excluding hydrogens is 302 g/mol. The number of aryl methyl sites for hydroxylation is 1. The number of carbonyl (C=O) groups is 1. The standard InChI is InChI=1S/C20H23NO3/c1-4-14-7-5-6-8-16(14)21-19(22)20(11-12-20)15-9-10-17(23-2)18(13-15)24-3/h5-10,13H,4,11-12H2,1-3H3,(H,21,22). The molecule has 24 heavy (non-hydrogen) atoms. The molecule has 1 amide bonds. The minimum atomic E-state index is -0.458. The van der Waals surface area contributed by atoms with E-state index in [-0.39, 0.29) is 5.91 Å². The molecule has 2 aromatic carbocycles. The van der Waals surface area contributed by atoms with Gasteiger partial charge in [-0.2, -0.15) is 0 Å². The predicted octanol–water partition coefficient (Wildman–Crippen LogP) is 3.94. The zero-order chi connectivity index (χ0) is 17.2. The van der Waals surface area contributed by atoms with Crippen molar-refractivity contribution in [3.8, 4) is 11.5 Å². The summed E-state index contributed by atoms with van der Waals surface area (Å²) in [5, 5.41) is 3.12. The Balaban J connectivity index is 1.87. The van der Waals surface area contributed by atoms with Crippen LogP contribution >= 0.6 is 0 Å². The molecule has 0 aromatic heterocycles. The van der Waals surface area contributed by atoms with E-state index in [4.69, 9.17) is 9.47 Å². The predicted molar refractivity (Wildman–Crippen MR) is 94.9 cm³/mol. The Morgan fingerprint density at radius 3 is 2.42 bits per heavy atom. The van der Waals surface area contributed by atoms with Crippen LogP contribution in [0.4, 0.5) is 5.69 Å². The van der Waals surface area contributed by atoms with Crippen molar-refractivity contribution < 1.29 is 14.3 Å². The molecule has 2 aromatic rings. The van der Waals surface area contributed by atoms with Crippen molar-refractivity contribution in [2.45, 2.75) is 31.6 Å². The molecule has 0 bridgehead atoms. The first-order valence-electron chi connectivity index (χ1n) is 8.26. The summed E-state index contributed by atoms with van der Waals surface area (Å²) >= 11 is 0. The third-order valence-electron chi connectivity index (χ3n) is 4.77. The number of methoxy groups -OCH3 is 2. The van der Waals surface area contributed by atoms with Crippen molar-refractivity contribution in [2.24, 2.45) is 0 Å². The summed E-state index contributed by atoms with van der Waals surface area (Å²) in [6, 6.07) is 13.7. The van der Waals surface area contributed by atoms with Gasteiger partial charge in [0.25, 0.3) is 0 Å². The van der Waals surface area contributed by atoms with E-state index in [0.717, 1.165) is 36.1 Å². The number of rotatable bonds is 6. The number of hydrogen-bond donors (Lipinski definition) is 1. The molecule has 126 valence electrons. The topological polar surface area (TPSA) is 47.6 Å². The van der Waals surface area contributed by atoms with Gasteiger partial charge in [0.15, 0.2) is 11.5 Å². The number of carbonyl (C=O) groups excluding carboxylic acids is 1. The Kier molecular flexibility index (Phi) is 4.47. The Hall–Kier alpha value is -2.49. The maximum Gasteiger partial charge on any atom is 0.235 e. The Bertz CT molecular complexity index is 750. The summed E-state index contributed by atoms with van der Waals surface area (Å²) in [5.74, 6) is 1.38. The monoisotopic (exact) mass is 325 g/mol. The maximum absolute atomic E-state index is 12.9. The lowest BCUT2D eigenvalue weighted by Crippen LogP contribution is -2.28. The second-order valence-corrected chi connectivity index (χ2v) is 6.12. The molecular formula is C20H23NO3. The van der Waals surface area contributed by atoms with Crippen LogP contribution in [0.2, 0.25) is 0 Å². The highest BCUT2D eigenvalue weighted by atomic mass is 16.5. The van der Waals surface area contributed by atoms with E-state index >= 15 is 0 Å². The van der Waals surface area contributed by atoms with Crippen LogP contribution in [0.3, 0.4) is 0 Å². The molecule has 3 rings (SSSR count). The Labute approximate surface area is 142 Å². The van der Waals surface area contributed by atoms with Gasteiger partial charge in [0.05, 0.1) is 19.6 Å². The molecule has 1 aliphatic carbocycles. The van der Waals surface area contributed by atoms with Crippen LogP contribution in [0.15, 0.2) is 42.5 Å². The molecule has 4 nitrogen and oxygen atoms in total. The summed E-state index contributed by atoms with van der Waals surface area (Å²) < 4.78 is 10.7. The van der Waals surface area contributed by atoms with Crippen LogP contribution in [-0.2, 0) is 16.6 Å². The van der Waals surface area contributed by atoms with Crippen LogP contribution in [0.25, 0.3) is 0 Å². The molecule has 0 aliphatic heterocycles. The fourth-order valence-corrected chi connectivity index (χ4v) is 3.10. The average molecular weight is 325 g/mol. The smallest absolute Gasteiger partial charge is 0.235 e. The quantitative estimate of drug-likeness (QED) is 0.875. The van der Waals surface area contributed by atoms with Crippen LogP contribution in [0.1, 0.15) is 30.9 Å². The second-order valence-electron chi connectivity index (χ2n) is 6.12. The van der Waals surface area contributed by atoms with Crippen molar-refractivity contribution >= 4 is 11.6 Å². The van der Waals surface area contributed by atoms with E-state index in [2.05, 4.69) is 12.2 Å². The van der Waals surface area contributed by atoms with E-state index < -0.39 is 5.41 Å². The highest BCUT2D eigenvalue weighted by Gasteiger charge is 2.51. The zero-order valence-corrected chi connectivity index (χ0v) is 14.4. The van der Waals surface area contributed by atoms with Gasteiger partial charge in [0.2, 0.25) is 5.91 Å². The molecule has 0 saturated heterocycles. The van der Waals surface area contributed by atoms with E-state index in [1.54, 1.807) is 14.2 Å². The number of amides is 1. The first kappa shape index (κ1) is 16.4. The fraction of sp³-hybridized carbons (Fsp3) is 0.350. The third-order valence-corrected chi connectivity index (χ3v) is 4.77. The number of nitrogens with one attached hydrogen (secondary N) is 1. The first-order chi connectivity index (χ1) is 11.6. The lowest BCUT2D eigenvalue weighted by atomic mass is 9.94. The fourth-order valence-electron chi connectivity index (χ4n) is 3.10. The van der Waals surface area contributed by atoms with Gasteiger partial charge in [-0.1, -0.05) is 31.2 Å². The minimum absolute atomic E-state index is 0.0515. The molecule has 1 saturated carbocycles. The number of para-hydroxylation sites is 1. The van der Waals surface area contributed by atoms with Crippen LogP contribution < -0.4 is 14.8 Å². The van der Waals surface area contributed by atoms with Gasteiger partial charge < -0.3 is 14.8 Å². The zero-order valence-electron chi connectivity index (χ0n) is 14.4. The molecule has 0 radical (unpaired) electrons. The lowest BCUT2D eigenvalue weighted by molar-refractivity contribution is -0.118. The van der Waals surface area contributed by atoms with Crippen molar-refractivity contribution in [1.29, 1.82) is 0 Å². The summed E-state index contributed by atoms with van der Waals surface area (Å²) in [4.78, 5) is 12.9. The van der Waals surface area contributed by atoms with Gasteiger partial charge in [-0.15, -0.1) is 0 Å². The van der Waals surface area contributed by atoms with Crippen LogP contribution in [-0.4, -0.2) is 20.1 Å². The van der Waals surface area contributed by atoms with Gasteiger partial charge >= 0.3 is 0 Å². The Morgan fingerprint density at radius 2 is 1.79 bits per heavy atom. The van der Waals surface area contributed by atoms with Crippen LogP contribution in [0.5, 0.6) is 11.5 Å². The number of hydrogen-bond acceptors (Lipinski definition) is 3. The minimum Gasteiger partial charge on any atom is -0.493 e. The number of anilines is 1. The van der Waals surface area contributed by atoms with Crippen molar-refractivity contribution in [3.63, 3.8) is 0 Å². The molecule has 4 heteroatoms. The largest absolute Gasteiger partial charge is 0.493 e. The first-order valence-corrected chi connectivity index (χ1v) is 8.26. The van der Waals surface area contributed by atoms with Gasteiger partial charge in [0, 0.05) is 5.69 Å². The normalized spacial score (nSPS) is 14.8. The molecule has 0 heterocycles. The third kappa shape index (κ3) is 2.84.